The van der Waals surface area contributed by atoms with Crippen molar-refractivity contribution < 1.29 is 13.6 Å². The van der Waals surface area contributed by atoms with Crippen molar-refractivity contribution in [1.29, 1.82) is 0 Å². The lowest BCUT2D eigenvalue weighted by molar-refractivity contribution is 0.107. The van der Waals surface area contributed by atoms with Gasteiger partial charge in [0.25, 0.3) is 0 Å². The van der Waals surface area contributed by atoms with Crippen LogP contribution in [-0.2, 0) is 8.85 Å². The maximum absolute atomic E-state index is 10.3. The molecule has 0 aromatic rings. The van der Waals surface area contributed by atoms with Crippen LogP contribution in [0.25, 0.3) is 0 Å². The van der Waals surface area contributed by atoms with Gasteiger partial charge in [0.15, 0.2) is 0 Å². The molecule has 0 fully saturated rings. The Bertz CT molecular complexity index is 268. The SMILES string of the molecule is CCCCCCCCCCCCCCCCCC[Si](O)(OCC)OCC. The zero-order valence-electron chi connectivity index (χ0n) is 18.2. The van der Waals surface area contributed by atoms with Crippen molar-refractivity contribution in [2.75, 3.05) is 13.2 Å². The van der Waals surface area contributed by atoms with Gasteiger partial charge in [-0.05, 0) is 20.3 Å². The van der Waals surface area contributed by atoms with E-state index in [1.54, 1.807) is 0 Å². The summed E-state index contributed by atoms with van der Waals surface area (Å²) in [5, 5.41) is 0. The maximum Gasteiger partial charge on any atom is 0.498 e. The van der Waals surface area contributed by atoms with E-state index < -0.39 is 8.80 Å². The van der Waals surface area contributed by atoms with Crippen LogP contribution in [0.1, 0.15) is 124 Å². The highest BCUT2D eigenvalue weighted by atomic mass is 28.4. The summed E-state index contributed by atoms with van der Waals surface area (Å²) >= 11 is 0. The zero-order chi connectivity index (χ0) is 19.3. The average Bonchev–Trinajstić information content (AvgIpc) is 2.62. The van der Waals surface area contributed by atoms with Crippen molar-refractivity contribution in [3.05, 3.63) is 0 Å². The summed E-state index contributed by atoms with van der Waals surface area (Å²) in [6, 6.07) is 0.715. The monoisotopic (exact) mass is 388 g/mol. The van der Waals surface area contributed by atoms with E-state index >= 15 is 0 Å². The van der Waals surface area contributed by atoms with Gasteiger partial charge in [-0.3, -0.25) is 0 Å². The molecule has 0 aliphatic rings. The van der Waals surface area contributed by atoms with Crippen LogP contribution in [0.2, 0.25) is 6.04 Å². The van der Waals surface area contributed by atoms with Gasteiger partial charge in [0.2, 0.25) is 0 Å². The van der Waals surface area contributed by atoms with Crippen molar-refractivity contribution in [2.45, 2.75) is 130 Å². The largest absolute Gasteiger partial charge is 0.498 e. The first-order valence-electron chi connectivity index (χ1n) is 11.7. The molecule has 0 amide bonds. The highest BCUT2D eigenvalue weighted by Gasteiger charge is 2.35. The Morgan fingerprint density at radius 2 is 0.808 bits per heavy atom. The molecule has 0 heterocycles. The summed E-state index contributed by atoms with van der Waals surface area (Å²) in [6.45, 7) is 7.21. The van der Waals surface area contributed by atoms with E-state index in [0.29, 0.717) is 19.3 Å². The fourth-order valence-corrected chi connectivity index (χ4v) is 5.50. The van der Waals surface area contributed by atoms with Crippen molar-refractivity contribution in [2.24, 2.45) is 0 Å². The van der Waals surface area contributed by atoms with Crippen LogP contribution in [0.15, 0.2) is 0 Å². The Morgan fingerprint density at radius 3 is 1.12 bits per heavy atom. The van der Waals surface area contributed by atoms with E-state index in [9.17, 15) is 4.80 Å². The summed E-state index contributed by atoms with van der Waals surface area (Å²) in [5.41, 5.74) is 0. The van der Waals surface area contributed by atoms with Crippen molar-refractivity contribution in [1.82, 2.24) is 0 Å². The highest BCUT2D eigenvalue weighted by molar-refractivity contribution is 6.59. The molecule has 1 N–H and O–H groups in total. The molecular formula is C22H48O3Si. The van der Waals surface area contributed by atoms with Crippen molar-refractivity contribution >= 4 is 8.80 Å². The summed E-state index contributed by atoms with van der Waals surface area (Å²) in [5.74, 6) is 0. The first-order valence-corrected chi connectivity index (χ1v) is 13.7. The molecule has 3 nitrogen and oxygen atoms in total. The molecule has 26 heavy (non-hydrogen) atoms. The molecule has 0 unspecified atom stereocenters. The molecule has 0 aromatic carbocycles. The molecule has 0 aliphatic carbocycles. The number of rotatable bonds is 21. The van der Waals surface area contributed by atoms with E-state index in [1.165, 1.54) is 96.3 Å². The Labute approximate surface area is 165 Å². The van der Waals surface area contributed by atoms with Crippen molar-refractivity contribution in [3.8, 4) is 0 Å². The minimum atomic E-state index is -2.86. The Balaban J connectivity index is 3.26. The quantitative estimate of drug-likeness (QED) is 0.166. The number of unbranched alkanes of at least 4 members (excludes halogenated alkanes) is 15. The summed E-state index contributed by atoms with van der Waals surface area (Å²) in [7, 11) is -2.86. The fraction of sp³-hybridized carbons (Fsp3) is 1.00. The highest BCUT2D eigenvalue weighted by Crippen LogP contribution is 2.17. The molecule has 158 valence electrons. The topological polar surface area (TPSA) is 38.7 Å². The van der Waals surface area contributed by atoms with Gasteiger partial charge in [0.05, 0.1) is 0 Å². The standard InChI is InChI=1S/C22H48O3Si/c1-4-7-8-9-10-11-12-13-14-15-16-17-18-19-20-21-22-26(23,24-5-2)25-6-3/h23H,4-22H2,1-3H3. The van der Waals surface area contributed by atoms with Crippen LogP contribution in [0.5, 0.6) is 0 Å². The summed E-state index contributed by atoms with van der Waals surface area (Å²) < 4.78 is 10.9. The summed E-state index contributed by atoms with van der Waals surface area (Å²) in [4.78, 5) is 10.3. The van der Waals surface area contributed by atoms with E-state index in [0.717, 1.165) is 6.42 Å². The lowest BCUT2D eigenvalue weighted by Crippen LogP contribution is -2.42. The predicted molar refractivity (Wildman–Crippen MR) is 116 cm³/mol. The zero-order valence-corrected chi connectivity index (χ0v) is 19.2. The van der Waals surface area contributed by atoms with E-state index in [1.807, 2.05) is 13.8 Å². The van der Waals surface area contributed by atoms with Gasteiger partial charge < -0.3 is 13.6 Å². The maximum atomic E-state index is 10.3. The second-order valence-corrected chi connectivity index (χ2v) is 10.1. The Hall–Kier alpha value is 0.0969. The molecule has 0 bridgehead atoms. The van der Waals surface area contributed by atoms with Gasteiger partial charge in [-0.25, -0.2) is 0 Å². The minimum Gasteiger partial charge on any atom is -0.390 e. The van der Waals surface area contributed by atoms with Crippen LogP contribution in [0, 0.1) is 0 Å². The van der Waals surface area contributed by atoms with Crippen LogP contribution in [-0.4, -0.2) is 26.8 Å². The molecule has 0 aromatic heterocycles. The van der Waals surface area contributed by atoms with Gasteiger partial charge >= 0.3 is 8.80 Å². The first-order chi connectivity index (χ1) is 12.7. The average molecular weight is 389 g/mol. The predicted octanol–water partition coefficient (Wildman–Crippen LogP) is 7.25. The lowest BCUT2D eigenvalue weighted by Gasteiger charge is -2.22. The number of hydrogen-bond donors (Lipinski definition) is 1. The molecule has 0 saturated carbocycles. The second-order valence-electron chi connectivity index (χ2n) is 7.63. The molecule has 0 radical (unpaired) electrons. The van der Waals surface area contributed by atoms with Crippen molar-refractivity contribution in [3.63, 3.8) is 0 Å². The third kappa shape index (κ3) is 17.5. The first kappa shape index (κ1) is 26.1. The Kier molecular flexibility index (Phi) is 19.9. The molecular weight excluding hydrogens is 340 g/mol. The number of hydrogen-bond acceptors (Lipinski definition) is 3. The third-order valence-electron chi connectivity index (χ3n) is 5.09. The van der Waals surface area contributed by atoms with Crippen LogP contribution < -0.4 is 0 Å². The van der Waals surface area contributed by atoms with Crippen LogP contribution >= 0.6 is 0 Å². The minimum absolute atomic E-state index is 0.543. The van der Waals surface area contributed by atoms with Gasteiger partial charge in [-0.1, -0.05) is 103 Å². The fourth-order valence-electron chi connectivity index (χ4n) is 3.53. The summed E-state index contributed by atoms with van der Waals surface area (Å²) in [6.07, 6.45) is 21.9. The van der Waals surface area contributed by atoms with Crippen LogP contribution in [0.4, 0.5) is 0 Å². The molecule has 0 saturated heterocycles. The molecule has 0 spiro atoms. The molecule has 0 rings (SSSR count). The van der Waals surface area contributed by atoms with E-state index in [-0.39, 0.29) is 0 Å². The van der Waals surface area contributed by atoms with Crippen LogP contribution in [0.3, 0.4) is 0 Å². The molecule has 0 aliphatic heterocycles. The Morgan fingerprint density at radius 1 is 0.500 bits per heavy atom. The van der Waals surface area contributed by atoms with E-state index in [2.05, 4.69) is 6.92 Å². The van der Waals surface area contributed by atoms with Gasteiger partial charge in [0, 0.05) is 19.3 Å². The second kappa shape index (κ2) is 19.8. The normalized spacial score (nSPS) is 12.0. The van der Waals surface area contributed by atoms with Gasteiger partial charge in [-0.15, -0.1) is 0 Å². The van der Waals surface area contributed by atoms with E-state index in [4.69, 9.17) is 8.85 Å². The van der Waals surface area contributed by atoms with Gasteiger partial charge in [-0.2, -0.15) is 0 Å². The smallest absolute Gasteiger partial charge is 0.390 e. The third-order valence-corrected chi connectivity index (χ3v) is 7.55. The molecule has 0 atom stereocenters. The molecule has 4 heteroatoms. The lowest BCUT2D eigenvalue weighted by atomic mass is 10.0. The van der Waals surface area contributed by atoms with Gasteiger partial charge in [0.1, 0.15) is 0 Å².